The third kappa shape index (κ3) is 2.82. The van der Waals surface area contributed by atoms with Crippen molar-refractivity contribution in [2.24, 2.45) is 0 Å². The number of hydrogen-bond donors (Lipinski definition) is 3. The zero-order valence-electron chi connectivity index (χ0n) is 12.5. The van der Waals surface area contributed by atoms with Gasteiger partial charge >= 0.3 is 5.97 Å². The number of rotatable bonds is 5. The monoisotopic (exact) mass is 326 g/mol. The standard InChI is InChI=1S/C16H14N4O4/c21-7-6-17-16-18-8-11-13(22)12(15(23)24)9-20(14(11)19-16)10-4-2-1-3-5-10/h1-5,8-9,21H,6-7H2,(H,23,24)(H,17,18,19). The number of anilines is 1. The minimum atomic E-state index is -1.31. The molecule has 0 unspecified atom stereocenters. The van der Waals surface area contributed by atoms with Crippen LogP contribution in [0.15, 0.2) is 47.5 Å². The van der Waals surface area contributed by atoms with Crippen molar-refractivity contribution >= 4 is 23.0 Å². The summed E-state index contributed by atoms with van der Waals surface area (Å²) in [5, 5.41) is 21.1. The quantitative estimate of drug-likeness (QED) is 0.637. The van der Waals surface area contributed by atoms with Crippen LogP contribution in [0.3, 0.4) is 0 Å². The summed E-state index contributed by atoms with van der Waals surface area (Å²) in [5.74, 6) is -1.07. The Morgan fingerprint density at radius 3 is 2.67 bits per heavy atom. The molecule has 0 aliphatic carbocycles. The molecule has 2 heterocycles. The van der Waals surface area contributed by atoms with Crippen molar-refractivity contribution in [3.05, 3.63) is 58.5 Å². The highest BCUT2D eigenvalue weighted by molar-refractivity contribution is 5.92. The van der Waals surface area contributed by atoms with Gasteiger partial charge in [0.1, 0.15) is 5.56 Å². The fourth-order valence-corrected chi connectivity index (χ4v) is 2.30. The second kappa shape index (κ2) is 6.47. The van der Waals surface area contributed by atoms with E-state index in [9.17, 15) is 14.7 Å². The van der Waals surface area contributed by atoms with Crippen LogP contribution in [0.4, 0.5) is 5.95 Å². The molecule has 0 spiro atoms. The summed E-state index contributed by atoms with van der Waals surface area (Å²) in [7, 11) is 0. The molecule has 3 rings (SSSR count). The van der Waals surface area contributed by atoms with Crippen LogP contribution in [-0.2, 0) is 0 Å². The van der Waals surface area contributed by atoms with Gasteiger partial charge in [-0.05, 0) is 12.1 Å². The molecule has 0 bridgehead atoms. The molecule has 24 heavy (non-hydrogen) atoms. The smallest absolute Gasteiger partial charge is 0.341 e. The largest absolute Gasteiger partial charge is 0.477 e. The van der Waals surface area contributed by atoms with Crippen LogP contribution >= 0.6 is 0 Å². The molecule has 8 heteroatoms. The number of aromatic nitrogens is 3. The second-order valence-corrected chi connectivity index (χ2v) is 4.96. The van der Waals surface area contributed by atoms with Crippen molar-refractivity contribution in [2.75, 3.05) is 18.5 Å². The van der Waals surface area contributed by atoms with Crippen molar-refractivity contribution in [2.45, 2.75) is 0 Å². The first-order valence-electron chi connectivity index (χ1n) is 7.17. The SMILES string of the molecule is O=C(O)c1cn(-c2ccccc2)c2nc(NCCO)ncc2c1=O. The number of fused-ring (bicyclic) bond motifs is 1. The van der Waals surface area contributed by atoms with E-state index < -0.39 is 11.4 Å². The van der Waals surface area contributed by atoms with Crippen LogP contribution in [0.5, 0.6) is 0 Å². The molecule has 0 aliphatic heterocycles. The Labute approximate surface area is 136 Å². The number of carbonyl (C=O) groups is 1. The van der Waals surface area contributed by atoms with Gasteiger partial charge in [-0.15, -0.1) is 0 Å². The molecule has 3 aromatic rings. The molecule has 8 nitrogen and oxygen atoms in total. The number of nitrogens with one attached hydrogen (secondary N) is 1. The van der Waals surface area contributed by atoms with E-state index >= 15 is 0 Å². The average molecular weight is 326 g/mol. The zero-order chi connectivity index (χ0) is 17.1. The van der Waals surface area contributed by atoms with Crippen molar-refractivity contribution in [1.29, 1.82) is 0 Å². The molecule has 0 fully saturated rings. The topological polar surface area (TPSA) is 117 Å². The highest BCUT2D eigenvalue weighted by Gasteiger charge is 2.17. The number of nitrogens with zero attached hydrogens (tertiary/aromatic N) is 3. The molecule has 0 saturated heterocycles. The Bertz CT molecular complexity index is 953. The lowest BCUT2D eigenvalue weighted by Gasteiger charge is -2.12. The van der Waals surface area contributed by atoms with E-state index in [1.54, 1.807) is 24.3 Å². The van der Waals surface area contributed by atoms with Gasteiger partial charge in [0, 0.05) is 24.6 Å². The van der Waals surface area contributed by atoms with Crippen LogP contribution in [0.2, 0.25) is 0 Å². The fourth-order valence-electron chi connectivity index (χ4n) is 2.30. The zero-order valence-corrected chi connectivity index (χ0v) is 12.5. The van der Waals surface area contributed by atoms with E-state index in [1.165, 1.54) is 17.0 Å². The molecule has 2 aromatic heterocycles. The van der Waals surface area contributed by atoms with E-state index in [2.05, 4.69) is 15.3 Å². The minimum Gasteiger partial charge on any atom is -0.477 e. The Kier molecular flexibility index (Phi) is 4.21. The molecule has 0 atom stereocenters. The number of pyridine rings is 1. The summed E-state index contributed by atoms with van der Waals surface area (Å²) < 4.78 is 1.53. The summed E-state index contributed by atoms with van der Waals surface area (Å²) in [6, 6.07) is 8.98. The predicted octanol–water partition coefficient (Wildman–Crippen LogP) is 0.883. The fraction of sp³-hybridized carbons (Fsp3) is 0.125. The molecule has 122 valence electrons. The van der Waals surface area contributed by atoms with Gasteiger partial charge in [-0.2, -0.15) is 4.98 Å². The van der Waals surface area contributed by atoms with Gasteiger partial charge in [0.2, 0.25) is 11.4 Å². The lowest BCUT2D eigenvalue weighted by molar-refractivity contribution is 0.0695. The first-order valence-corrected chi connectivity index (χ1v) is 7.17. The molecule has 0 aliphatic rings. The summed E-state index contributed by atoms with van der Waals surface area (Å²) >= 11 is 0. The Balaban J connectivity index is 2.31. The summed E-state index contributed by atoms with van der Waals surface area (Å²) in [6.45, 7) is 0.166. The lowest BCUT2D eigenvalue weighted by atomic mass is 10.2. The number of aromatic carboxylic acids is 1. The maximum atomic E-state index is 12.3. The number of aliphatic hydroxyl groups excluding tert-OH is 1. The van der Waals surface area contributed by atoms with E-state index in [4.69, 9.17) is 5.11 Å². The molecule has 0 saturated carbocycles. The third-order valence-corrected chi connectivity index (χ3v) is 3.40. The highest BCUT2D eigenvalue weighted by atomic mass is 16.4. The van der Waals surface area contributed by atoms with E-state index in [0.717, 1.165) is 0 Å². The summed E-state index contributed by atoms with van der Waals surface area (Å²) in [4.78, 5) is 32.0. The lowest BCUT2D eigenvalue weighted by Crippen LogP contribution is -2.20. The summed E-state index contributed by atoms with van der Waals surface area (Å²) in [5.41, 5.74) is -0.0483. The summed E-state index contributed by atoms with van der Waals surface area (Å²) in [6.07, 6.45) is 2.54. The maximum absolute atomic E-state index is 12.3. The van der Waals surface area contributed by atoms with Gasteiger partial charge in [0.05, 0.1) is 12.0 Å². The van der Waals surface area contributed by atoms with E-state index in [0.29, 0.717) is 5.69 Å². The van der Waals surface area contributed by atoms with Crippen molar-refractivity contribution < 1.29 is 15.0 Å². The molecular weight excluding hydrogens is 312 g/mol. The molecule has 0 radical (unpaired) electrons. The highest BCUT2D eigenvalue weighted by Crippen LogP contribution is 2.16. The average Bonchev–Trinajstić information content (AvgIpc) is 2.60. The van der Waals surface area contributed by atoms with Crippen molar-refractivity contribution in [1.82, 2.24) is 14.5 Å². The number of carboxylic acids is 1. The van der Waals surface area contributed by atoms with Gasteiger partial charge in [0.25, 0.3) is 0 Å². The Hall–Kier alpha value is -3.26. The van der Waals surface area contributed by atoms with Gasteiger partial charge in [-0.1, -0.05) is 18.2 Å². The normalized spacial score (nSPS) is 10.7. The number of para-hydroxylation sites is 1. The minimum absolute atomic E-state index is 0.0924. The van der Waals surface area contributed by atoms with Crippen LogP contribution in [0, 0.1) is 0 Å². The molecule has 3 N–H and O–H groups in total. The van der Waals surface area contributed by atoms with E-state index in [1.807, 2.05) is 6.07 Å². The third-order valence-electron chi connectivity index (χ3n) is 3.40. The first kappa shape index (κ1) is 15.6. The van der Waals surface area contributed by atoms with Gasteiger partial charge in [0.15, 0.2) is 5.65 Å². The van der Waals surface area contributed by atoms with Gasteiger partial charge in [-0.25, -0.2) is 9.78 Å². The van der Waals surface area contributed by atoms with Crippen molar-refractivity contribution in [3.8, 4) is 5.69 Å². The molecular formula is C16H14N4O4. The van der Waals surface area contributed by atoms with Gasteiger partial charge < -0.3 is 20.1 Å². The first-order chi connectivity index (χ1) is 11.6. The number of benzene rings is 1. The Morgan fingerprint density at radius 2 is 2.00 bits per heavy atom. The predicted molar refractivity (Wildman–Crippen MR) is 87.7 cm³/mol. The number of hydrogen-bond acceptors (Lipinski definition) is 6. The van der Waals surface area contributed by atoms with Crippen LogP contribution in [0.25, 0.3) is 16.7 Å². The second-order valence-electron chi connectivity index (χ2n) is 4.96. The number of aliphatic hydroxyl groups is 1. The van der Waals surface area contributed by atoms with Crippen LogP contribution < -0.4 is 10.7 Å². The van der Waals surface area contributed by atoms with Crippen LogP contribution in [-0.4, -0.2) is 43.9 Å². The van der Waals surface area contributed by atoms with Crippen LogP contribution in [0.1, 0.15) is 10.4 Å². The van der Waals surface area contributed by atoms with Gasteiger partial charge in [-0.3, -0.25) is 4.79 Å². The maximum Gasteiger partial charge on any atom is 0.341 e. The molecule has 0 amide bonds. The molecule has 1 aromatic carbocycles. The van der Waals surface area contributed by atoms with E-state index in [-0.39, 0.29) is 35.7 Å². The van der Waals surface area contributed by atoms with Crippen molar-refractivity contribution in [3.63, 3.8) is 0 Å². The Morgan fingerprint density at radius 1 is 1.25 bits per heavy atom. The number of carboxylic acid groups (broad SMARTS) is 1.